The van der Waals surface area contributed by atoms with Gasteiger partial charge in [-0.05, 0) is 65.7 Å². The Labute approximate surface area is 286 Å². The van der Waals surface area contributed by atoms with E-state index in [0.717, 1.165) is 30.8 Å². The molecule has 0 saturated carbocycles. The lowest BCUT2D eigenvalue weighted by atomic mass is 9.75. The number of nitrogens with zero attached hydrogens (tertiary/aromatic N) is 2. The van der Waals surface area contributed by atoms with Crippen LogP contribution in [0.5, 0.6) is 0 Å². The molecule has 0 N–H and O–H groups in total. The van der Waals surface area contributed by atoms with Gasteiger partial charge in [-0.15, -0.1) is 0 Å². The summed E-state index contributed by atoms with van der Waals surface area (Å²) in [5, 5.41) is 24.6. The molecule has 16 heteroatoms. The molecule has 1 aromatic heterocycles. The maximum Gasteiger partial charge on any atom is 0.263 e. The maximum atomic E-state index is 11.6. The molecule has 1 aliphatic carbocycles. The van der Waals surface area contributed by atoms with E-state index in [0.29, 0.717) is 24.0 Å². The van der Waals surface area contributed by atoms with Gasteiger partial charge in [0, 0.05) is 47.1 Å². The van der Waals surface area contributed by atoms with Crippen molar-refractivity contribution < 1.29 is 50.3 Å². The number of carboxylic acid groups (broad SMARTS) is 2. The lowest BCUT2D eigenvalue weighted by molar-refractivity contribution is -0.668. The van der Waals surface area contributed by atoms with Gasteiger partial charge in [-0.25, -0.2) is 16.8 Å². The molecule has 3 aromatic rings. The molecule has 0 atom stereocenters. The summed E-state index contributed by atoms with van der Waals surface area (Å²) in [5.41, 5.74) is 2.77. The minimum absolute atomic E-state index is 0.0310. The van der Waals surface area contributed by atoms with Crippen molar-refractivity contribution in [2.45, 2.75) is 51.0 Å². The van der Waals surface area contributed by atoms with Crippen molar-refractivity contribution in [3.63, 3.8) is 0 Å². The second-order valence-electron chi connectivity index (χ2n) is 12.5. The SMILES string of the molecule is CC1(C)CC(/C=C2\Sc3ccc(C(=O)[O-])cc3N2CCCS(=O)(=O)[O-])=CC(=C/c2sc3ccc(C(=O)[O-])cc3[n+]2CCCS(=O)(=O)[O-])/C1. The van der Waals surface area contributed by atoms with Crippen molar-refractivity contribution in [1.29, 1.82) is 0 Å². The number of hydrogen-bond donors (Lipinski definition) is 0. The first kappa shape index (κ1) is 35.8. The van der Waals surface area contributed by atoms with Gasteiger partial charge in [0.1, 0.15) is 4.70 Å². The Morgan fingerprint density at radius 1 is 0.917 bits per heavy atom. The highest BCUT2D eigenvalue weighted by molar-refractivity contribution is 8.03. The number of carboxylic acids is 2. The van der Waals surface area contributed by atoms with E-state index in [9.17, 15) is 45.7 Å². The lowest BCUT2D eigenvalue weighted by Crippen LogP contribution is -2.36. The van der Waals surface area contributed by atoms with Crippen LogP contribution in [0.4, 0.5) is 5.69 Å². The molecule has 5 rings (SSSR count). The van der Waals surface area contributed by atoms with Crippen LogP contribution in [0, 0.1) is 5.41 Å². The zero-order valence-electron chi connectivity index (χ0n) is 26.0. The summed E-state index contributed by atoms with van der Waals surface area (Å²) in [6.45, 7) is 4.54. The van der Waals surface area contributed by atoms with Crippen LogP contribution in [0.2, 0.25) is 0 Å². The van der Waals surface area contributed by atoms with E-state index < -0.39 is 43.7 Å². The van der Waals surface area contributed by atoms with E-state index in [1.165, 1.54) is 47.4 Å². The Kier molecular flexibility index (Phi) is 10.3. The standard InChI is InChI=1S/C32H34N2O10S4/c1-32(2)18-20(14-28-33(9-3-11-47(39,40)41)24-16-22(30(35)36)5-7-26(24)45-28)13-21(19-32)15-29-34(10-4-12-48(42,43)44)25-17-23(31(37)38)6-8-27(25)46-29/h5-8,13-17H,3-4,9-12,18-19H2,1-2H3,(H3-,35,36,37,38,39,40,41,42,43,44)/p-3. The van der Waals surface area contributed by atoms with Crippen molar-refractivity contribution in [1.82, 2.24) is 0 Å². The minimum atomic E-state index is -4.45. The number of benzene rings is 2. The minimum Gasteiger partial charge on any atom is -0.748 e. The van der Waals surface area contributed by atoms with Gasteiger partial charge in [0.2, 0.25) is 5.52 Å². The van der Waals surface area contributed by atoms with Gasteiger partial charge in [0.15, 0.2) is 6.54 Å². The number of thiazole rings is 1. The van der Waals surface area contributed by atoms with Crippen LogP contribution in [-0.4, -0.2) is 55.9 Å². The summed E-state index contributed by atoms with van der Waals surface area (Å²) < 4.78 is 70.5. The summed E-state index contributed by atoms with van der Waals surface area (Å²) >= 11 is 2.80. The van der Waals surface area contributed by atoms with E-state index in [1.54, 1.807) is 12.1 Å². The van der Waals surface area contributed by atoms with Gasteiger partial charge in [-0.1, -0.05) is 55.2 Å². The third-order valence-electron chi connectivity index (χ3n) is 7.84. The summed E-state index contributed by atoms with van der Waals surface area (Å²) in [4.78, 5) is 25.7. The van der Waals surface area contributed by atoms with Gasteiger partial charge in [0.05, 0.1) is 42.9 Å². The van der Waals surface area contributed by atoms with Crippen LogP contribution in [0.1, 0.15) is 65.3 Å². The van der Waals surface area contributed by atoms with Crippen LogP contribution >= 0.6 is 23.1 Å². The normalized spacial score (nSPS) is 18.0. The molecule has 0 bridgehead atoms. The number of fused-ring (bicyclic) bond motifs is 2. The molecule has 2 heterocycles. The highest BCUT2D eigenvalue weighted by Crippen LogP contribution is 2.48. The molecular weight excluding hydrogens is 701 g/mol. The Morgan fingerprint density at radius 3 is 2.23 bits per heavy atom. The van der Waals surface area contributed by atoms with Crippen LogP contribution in [0.15, 0.2) is 69.6 Å². The molecule has 0 unspecified atom stereocenters. The van der Waals surface area contributed by atoms with E-state index in [2.05, 4.69) is 13.8 Å². The number of thioether (sulfide) groups is 1. The zero-order valence-corrected chi connectivity index (χ0v) is 29.2. The number of allylic oxidation sites excluding steroid dienone is 4. The number of rotatable bonds is 12. The van der Waals surface area contributed by atoms with Crippen LogP contribution in [-0.2, 0) is 26.8 Å². The predicted molar refractivity (Wildman–Crippen MR) is 176 cm³/mol. The fourth-order valence-corrected chi connectivity index (χ4v) is 9.20. The molecular formula is C32H31N2O10S4-3. The van der Waals surface area contributed by atoms with E-state index in [4.69, 9.17) is 0 Å². The second kappa shape index (κ2) is 13.8. The number of anilines is 1. The van der Waals surface area contributed by atoms with E-state index in [-0.39, 0.29) is 42.5 Å². The summed E-state index contributed by atoms with van der Waals surface area (Å²) in [7, 11) is -8.90. The van der Waals surface area contributed by atoms with Crippen molar-refractivity contribution >= 4 is 77.3 Å². The van der Waals surface area contributed by atoms with E-state index >= 15 is 0 Å². The molecule has 12 nitrogen and oxygen atoms in total. The van der Waals surface area contributed by atoms with Crippen LogP contribution < -0.4 is 19.7 Å². The Hall–Kier alpha value is -3.54. The third kappa shape index (κ3) is 8.92. The molecule has 0 amide bonds. The number of hydrogen-bond acceptors (Lipinski definition) is 13. The van der Waals surface area contributed by atoms with Gasteiger partial charge in [-0.2, -0.15) is 4.57 Å². The van der Waals surface area contributed by atoms with E-state index in [1.807, 2.05) is 27.7 Å². The van der Waals surface area contributed by atoms with Crippen LogP contribution in [0.25, 0.3) is 16.3 Å². The highest BCUT2D eigenvalue weighted by Gasteiger charge is 2.30. The second-order valence-corrected chi connectivity index (χ2v) is 17.6. The third-order valence-corrected chi connectivity index (χ3v) is 11.6. The Morgan fingerprint density at radius 2 is 1.56 bits per heavy atom. The summed E-state index contributed by atoms with van der Waals surface area (Å²) in [5.74, 6) is -3.84. The Bertz CT molecular complexity index is 2110. The molecule has 2 aromatic carbocycles. The number of aryl methyl sites for hydroxylation is 1. The van der Waals surface area contributed by atoms with Crippen molar-refractivity contribution in [2.75, 3.05) is 23.0 Å². The number of aromatic nitrogens is 1. The monoisotopic (exact) mass is 731 g/mol. The molecule has 0 radical (unpaired) electrons. The fraction of sp³-hybridized carbons (Fsp3) is 0.344. The fourth-order valence-electron chi connectivity index (χ4n) is 5.94. The molecule has 0 fully saturated rings. The molecule has 256 valence electrons. The lowest BCUT2D eigenvalue weighted by Gasteiger charge is -2.31. The van der Waals surface area contributed by atoms with Crippen LogP contribution in [0.3, 0.4) is 0 Å². The smallest absolute Gasteiger partial charge is 0.263 e. The number of aromatic carboxylic acids is 2. The first-order valence-corrected chi connectivity index (χ1v) is 19.6. The average molecular weight is 732 g/mol. The largest absolute Gasteiger partial charge is 0.748 e. The molecule has 0 spiro atoms. The van der Waals surface area contributed by atoms with Gasteiger partial charge in [0.25, 0.3) is 5.01 Å². The van der Waals surface area contributed by atoms with Crippen molar-refractivity contribution in [2.24, 2.45) is 5.41 Å². The first-order valence-electron chi connectivity index (χ1n) is 14.9. The summed E-state index contributed by atoms with van der Waals surface area (Å²) in [6.07, 6.45) is 7.39. The van der Waals surface area contributed by atoms with Crippen molar-refractivity contribution in [3.8, 4) is 0 Å². The quantitative estimate of drug-likeness (QED) is 0.195. The predicted octanol–water partition coefficient (Wildman–Crippen LogP) is 2.37. The zero-order chi connectivity index (χ0) is 35.0. The number of carbonyl (C=O) groups is 2. The number of carbonyl (C=O) groups excluding carboxylic acids is 2. The van der Waals surface area contributed by atoms with Gasteiger partial charge in [-0.3, -0.25) is 0 Å². The topological polar surface area (TPSA) is 202 Å². The average Bonchev–Trinajstić information content (AvgIpc) is 3.46. The van der Waals surface area contributed by atoms with Gasteiger partial charge >= 0.3 is 0 Å². The molecule has 0 saturated heterocycles. The Balaban J connectivity index is 1.54. The molecule has 48 heavy (non-hydrogen) atoms. The molecule has 2 aliphatic rings. The maximum absolute atomic E-state index is 11.6. The van der Waals surface area contributed by atoms with Crippen molar-refractivity contribution in [3.05, 3.63) is 80.9 Å². The van der Waals surface area contributed by atoms with Gasteiger partial charge < -0.3 is 33.8 Å². The highest BCUT2D eigenvalue weighted by atomic mass is 32.2. The summed E-state index contributed by atoms with van der Waals surface area (Å²) in [6, 6.07) is 9.15. The molecule has 1 aliphatic heterocycles. The first-order chi connectivity index (χ1) is 22.4.